The number of aromatic nitrogens is 3. The number of aromatic amines is 1. The van der Waals surface area contributed by atoms with Gasteiger partial charge in [0.2, 0.25) is 4.77 Å². The molecule has 3 rings (SSSR count). The van der Waals surface area contributed by atoms with Crippen molar-refractivity contribution in [1.29, 1.82) is 0 Å². The van der Waals surface area contributed by atoms with Gasteiger partial charge >= 0.3 is 0 Å². The van der Waals surface area contributed by atoms with Crippen LogP contribution in [0, 0.1) is 4.77 Å². The van der Waals surface area contributed by atoms with Crippen LogP contribution >= 0.6 is 23.8 Å². The molecule has 1 N–H and O–H groups in total. The van der Waals surface area contributed by atoms with E-state index in [2.05, 4.69) is 15.3 Å². The van der Waals surface area contributed by atoms with Crippen molar-refractivity contribution in [3.63, 3.8) is 0 Å². The fourth-order valence-electron chi connectivity index (χ4n) is 1.89. The van der Waals surface area contributed by atoms with Crippen LogP contribution in [0.1, 0.15) is 11.1 Å². The summed E-state index contributed by atoms with van der Waals surface area (Å²) in [5.74, 6) is 0.764. The molecule has 0 saturated heterocycles. The Bertz CT molecular complexity index is 870. The summed E-state index contributed by atoms with van der Waals surface area (Å²) >= 11 is 10.9. The number of nitrogens with zero attached hydrogens (tertiary/aromatic N) is 3. The molecule has 0 bridgehead atoms. The molecule has 0 radical (unpaired) electrons. The Balaban J connectivity index is 1.67. The second-order valence-electron chi connectivity index (χ2n) is 4.74. The Kier molecular flexibility index (Phi) is 4.85. The number of hydrogen-bond acceptors (Lipinski definition) is 4. The molecule has 116 valence electrons. The lowest BCUT2D eigenvalue weighted by atomic mass is 10.2. The highest BCUT2D eigenvalue weighted by molar-refractivity contribution is 7.71. The van der Waals surface area contributed by atoms with Gasteiger partial charge in [-0.15, -0.1) is 0 Å². The van der Waals surface area contributed by atoms with Crippen molar-refractivity contribution in [1.82, 2.24) is 14.9 Å². The number of halogens is 1. The summed E-state index contributed by atoms with van der Waals surface area (Å²) in [5, 5.41) is 11.4. The van der Waals surface area contributed by atoms with Gasteiger partial charge in [0, 0.05) is 5.02 Å². The van der Waals surface area contributed by atoms with Gasteiger partial charge in [0.25, 0.3) is 0 Å². The molecule has 0 aliphatic carbocycles. The molecule has 0 saturated carbocycles. The first-order valence-electron chi connectivity index (χ1n) is 6.84. The van der Waals surface area contributed by atoms with Gasteiger partial charge in [0.05, 0.1) is 6.21 Å². The van der Waals surface area contributed by atoms with Gasteiger partial charge in [-0.25, -0.2) is 0 Å². The molecular formula is C16H13ClN4OS. The number of H-pyrrole nitrogens is 1. The third kappa shape index (κ3) is 4.28. The predicted octanol–water partition coefficient (Wildman–Crippen LogP) is 4.06. The molecule has 1 heterocycles. The lowest BCUT2D eigenvalue weighted by molar-refractivity contribution is 0.306. The molecule has 0 aliphatic heterocycles. The summed E-state index contributed by atoms with van der Waals surface area (Å²) in [6.07, 6.45) is 3.21. The van der Waals surface area contributed by atoms with E-state index in [1.807, 2.05) is 48.5 Å². The van der Waals surface area contributed by atoms with Gasteiger partial charge in [-0.2, -0.15) is 14.9 Å². The van der Waals surface area contributed by atoms with Crippen LogP contribution < -0.4 is 4.74 Å². The molecule has 2 aromatic carbocycles. The third-order valence-electron chi connectivity index (χ3n) is 3.04. The Hall–Kier alpha value is -2.44. The summed E-state index contributed by atoms with van der Waals surface area (Å²) in [4.78, 5) is 0. The fraction of sp³-hybridized carbons (Fsp3) is 0.0625. The van der Waals surface area contributed by atoms with Crippen LogP contribution in [-0.4, -0.2) is 21.1 Å². The van der Waals surface area contributed by atoms with E-state index in [-0.39, 0.29) is 0 Å². The van der Waals surface area contributed by atoms with Crippen molar-refractivity contribution in [2.45, 2.75) is 6.61 Å². The maximum Gasteiger partial charge on any atom is 0.216 e. The zero-order chi connectivity index (χ0) is 16.1. The van der Waals surface area contributed by atoms with Gasteiger partial charge in [-0.3, -0.25) is 5.10 Å². The Morgan fingerprint density at radius 3 is 2.83 bits per heavy atom. The van der Waals surface area contributed by atoms with Gasteiger partial charge in [-0.1, -0.05) is 35.9 Å². The molecule has 0 fully saturated rings. The molecule has 0 aliphatic rings. The minimum Gasteiger partial charge on any atom is -0.489 e. The SMILES string of the molecule is S=c1[nH]ncn1/N=C\c1cccc(OCc2ccc(Cl)cc2)c1. The summed E-state index contributed by atoms with van der Waals surface area (Å²) in [5.41, 5.74) is 1.96. The molecule has 23 heavy (non-hydrogen) atoms. The highest BCUT2D eigenvalue weighted by Gasteiger charge is 1.98. The van der Waals surface area contributed by atoms with Gasteiger partial charge in [0.1, 0.15) is 18.7 Å². The van der Waals surface area contributed by atoms with E-state index in [1.54, 1.807) is 6.21 Å². The number of nitrogens with one attached hydrogen (secondary N) is 1. The Labute approximate surface area is 143 Å². The average molecular weight is 345 g/mol. The van der Waals surface area contributed by atoms with Crippen LogP contribution in [0.25, 0.3) is 0 Å². The lowest BCUT2D eigenvalue weighted by Gasteiger charge is -2.07. The van der Waals surface area contributed by atoms with E-state index < -0.39 is 0 Å². The Morgan fingerprint density at radius 1 is 1.26 bits per heavy atom. The molecule has 3 aromatic rings. The maximum absolute atomic E-state index is 5.87. The zero-order valence-corrected chi connectivity index (χ0v) is 13.6. The normalized spacial score (nSPS) is 11.0. The first-order valence-corrected chi connectivity index (χ1v) is 7.63. The molecule has 7 heteroatoms. The number of rotatable bonds is 5. The van der Waals surface area contributed by atoms with Gasteiger partial charge < -0.3 is 4.74 Å². The van der Waals surface area contributed by atoms with Crippen LogP contribution in [0.2, 0.25) is 5.02 Å². The van der Waals surface area contributed by atoms with Gasteiger partial charge in [-0.05, 0) is 47.6 Å². The van der Waals surface area contributed by atoms with Crippen LogP contribution in [0.4, 0.5) is 0 Å². The number of ether oxygens (including phenoxy) is 1. The lowest BCUT2D eigenvalue weighted by Crippen LogP contribution is -1.96. The van der Waals surface area contributed by atoms with E-state index in [9.17, 15) is 0 Å². The summed E-state index contributed by atoms with van der Waals surface area (Å²) in [7, 11) is 0. The smallest absolute Gasteiger partial charge is 0.216 e. The monoisotopic (exact) mass is 344 g/mol. The largest absolute Gasteiger partial charge is 0.489 e. The fourth-order valence-corrected chi connectivity index (χ4v) is 2.16. The molecule has 1 aromatic heterocycles. The van der Waals surface area contributed by atoms with Crippen molar-refractivity contribution in [3.05, 3.63) is 75.8 Å². The molecule has 5 nitrogen and oxygen atoms in total. The Morgan fingerprint density at radius 2 is 2.09 bits per heavy atom. The van der Waals surface area contributed by atoms with Crippen molar-refractivity contribution in [2.24, 2.45) is 5.10 Å². The molecule has 0 atom stereocenters. The second kappa shape index (κ2) is 7.21. The summed E-state index contributed by atoms with van der Waals surface area (Å²) in [6.45, 7) is 0.477. The van der Waals surface area contributed by atoms with Crippen LogP contribution in [0.3, 0.4) is 0 Å². The van der Waals surface area contributed by atoms with Crippen LogP contribution in [0.5, 0.6) is 5.75 Å². The average Bonchev–Trinajstić information content (AvgIpc) is 2.98. The maximum atomic E-state index is 5.87. The second-order valence-corrected chi connectivity index (χ2v) is 5.56. The number of benzene rings is 2. The van der Waals surface area contributed by atoms with Crippen LogP contribution in [-0.2, 0) is 6.61 Å². The van der Waals surface area contributed by atoms with Crippen molar-refractivity contribution in [3.8, 4) is 5.75 Å². The highest BCUT2D eigenvalue weighted by Crippen LogP contribution is 2.15. The van der Waals surface area contributed by atoms with E-state index in [0.29, 0.717) is 16.4 Å². The summed E-state index contributed by atoms with van der Waals surface area (Å²) in [6, 6.07) is 15.2. The minimum atomic E-state index is 0.441. The molecule has 0 amide bonds. The predicted molar refractivity (Wildman–Crippen MR) is 92.6 cm³/mol. The minimum absolute atomic E-state index is 0.441. The van der Waals surface area contributed by atoms with E-state index >= 15 is 0 Å². The molecule has 0 spiro atoms. The standard InChI is InChI=1S/C16H13ClN4OS/c17-14-6-4-12(5-7-14)10-22-15-3-1-2-13(8-15)9-19-21-11-18-20-16(21)23/h1-9,11H,10H2,(H,20,23)/b19-9-. The highest BCUT2D eigenvalue weighted by atomic mass is 35.5. The van der Waals surface area contributed by atoms with Crippen molar-refractivity contribution < 1.29 is 4.74 Å². The van der Waals surface area contributed by atoms with E-state index in [0.717, 1.165) is 16.9 Å². The third-order valence-corrected chi connectivity index (χ3v) is 3.57. The van der Waals surface area contributed by atoms with Crippen molar-refractivity contribution >= 4 is 30.0 Å². The van der Waals surface area contributed by atoms with Crippen molar-refractivity contribution in [2.75, 3.05) is 0 Å². The quantitative estimate of drug-likeness (QED) is 0.561. The first-order chi connectivity index (χ1) is 11.2. The summed E-state index contributed by atoms with van der Waals surface area (Å²) < 4.78 is 7.71. The number of hydrogen-bond donors (Lipinski definition) is 1. The van der Waals surface area contributed by atoms with Gasteiger partial charge in [0.15, 0.2) is 0 Å². The van der Waals surface area contributed by atoms with E-state index in [1.165, 1.54) is 11.0 Å². The van der Waals surface area contributed by atoms with E-state index in [4.69, 9.17) is 28.6 Å². The first kappa shape index (κ1) is 15.5. The zero-order valence-electron chi connectivity index (χ0n) is 12.0. The van der Waals surface area contributed by atoms with Crippen LogP contribution in [0.15, 0.2) is 60.0 Å². The molecule has 0 unspecified atom stereocenters. The molecular weight excluding hydrogens is 332 g/mol. The topological polar surface area (TPSA) is 55.2 Å².